The van der Waals surface area contributed by atoms with Gasteiger partial charge in [-0.05, 0) is 30.3 Å². The molecule has 2 amide bonds. The number of thioether (sulfide) groups is 1. The van der Waals surface area contributed by atoms with Gasteiger partial charge in [0, 0.05) is 4.90 Å². The maximum Gasteiger partial charge on any atom is 0.294 e. The number of amides is 2. The van der Waals surface area contributed by atoms with Crippen molar-refractivity contribution in [1.82, 2.24) is 20.6 Å². The Kier molecular flexibility index (Phi) is 5.75. The fourth-order valence-electron chi connectivity index (χ4n) is 2.72. The van der Waals surface area contributed by atoms with E-state index in [-0.39, 0.29) is 17.2 Å². The molecule has 1 aliphatic heterocycles. The molecule has 0 bridgehead atoms. The van der Waals surface area contributed by atoms with Crippen molar-refractivity contribution < 1.29 is 24.2 Å². The number of carbonyl (C=O) groups is 2. The van der Waals surface area contributed by atoms with Crippen molar-refractivity contribution in [2.75, 3.05) is 19.0 Å². The van der Waals surface area contributed by atoms with Crippen LogP contribution in [0.2, 0.25) is 0 Å². The Bertz CT molecular complexity index is 1070. The lowest BCUT2D eigenvalue weighted by molar-refractivity contribution is -0.119. The molecular weight excluding hydrogens is 408 g/mol. The summed E-state index contributed by atoms with van der Waals surface area (Å²) in [4.78, 5) is 25.1. The highest BCUT2D eigenvalue weighted by molar-refractivity contribution is 8.00. The Morgan fingerprint density at radius 2 is 1.83 bits per heavy atom. The van der Waals surface area contributed by atoms with Gasteiger partial charge in [-0.3, -0.25) is 20.4 Å². The van der Waals surface area contributed by atoms with Gasteiger partial charge in [0.2, 0.25) is 5.91 Å². The van der Waals surface area contributed by atoms with Crippen LogP contribution in [0.1, 0.15) is 10.5 Å². The maximum atomic E-state index is 12.3. The molecule has 0 fully saturated rings. The van der Waals surface area contributed by atoms with Crippen molar-refractivity contribution in [3.05, 3.63) is 60.4 Å². The van der Waals surface area contributed by atoms with Gasteiger partial charge < -0.3 is 14.6 Å². The van der Waals surface area contributed by atoms with Crippen molar-refractivity contribution >= 4 is 23.6 Å². The predicted octanol–water partition coefficient (Wildman–Crippen LogP) is 1.90. The summed E-state index contributed by atoms with van der Waals surface area (Å²) < 4.78 is 12.4. The van der Waals surface area contributed by atoms with Crippen LogP contribution in [-0.4, -0.2) is 45.7 Å². The third-order valence-electron chi connectivity index (χ3n) is 4.13. The van der Waals surface area contributed by atoms with Crippen molar-refractivity contribution in [2.45, 2.75) is 4.90 Å². The number of hydrazine groups is 1. The molecule has 3 N–H and O–H groups in total. The second-order valence-electron chi connectivity index (χ2n) is 6.24. The summed E-state index contributed by atoms with van der Waals surface area (Å²) in [6.45, 7) is 1.00. The number of para-hydroxylation sites is 1. The fourth-order valence-corrected chi connectivity index (χ4v) is 3.45. The van der Waals surface area contributed by atoms with Gasteiger partial charge in [0.15, 0.2) is 22.9 Å². The SMILES string of the molecule is O=C(CSc1ccc2c(c1)OCCO2)NNC(=O)c1nn(-c2ccccc2)cc1O. The summed E-state index contributed by atoms with van der Waals surface area (Å²) in [6, 6.07) is 14.5. The first-order valence-corrected chi connectivity index (χ1v) is 10.0. The zero-order chi connectivity index (χ0) is 20.9. The first-order chi connectivity index (χ1) is 14.6. The predicted molar refractivity (Wildman–Crippen MR) is 109 cm³/mol. The van der Waals surface area contributed by atoms with Gasteiger partial charge in [-0.2, -0.15) is 5.10 Å². The molecule has 30 heavy (non-hydrogen) atoms. The Labute approximate surface area is 176 Å². The molecule has 154 valence electrons. The quantitative estimate of drug-likeness (QED) is 0.422. The van der Waals surface area contributed by atoms with Crippen LogP contribution in [0, 0.1) is 0 Å². The maximum absolute atomic E-state index is 12.3. The van der Waals surface area contributed by atoms with Gasteiger partial charge in [-0.25, -0.2) is 4.68 Å². The van der Waals surface area contributed by atoms with Crippen LogP contribution < -0.4 is 20.3 Å². The number of nitrogens with zero attached hydrogens (tertiary/aromatic N) is 2. The third kappa shape index (κ3) is 4.49. The summed E-state index contributed by atoms with van der Waals surface area (Å²) >= 11 is 1.29. The molecule has 0 unspecified atom stereocenters. The smallest absolute Gasteiger partial charge is 0.294 e. The number of benzene rings is 2. The number of hydrogen-bond acceptors (Lipinski definition) is 7. The molecule has 1 aliphatic rings. The summed E-state index contributed by atoms with van der Waals surface area (Å²) in [7, 11) is 0. The summed E-state index contributed by atoms with van der Waals surface area (Å²) in [5, 5.41) is 14.1. The molecule has 0 atom stereocenters. The van der Waals surface area contributed by atoms with Crippen molar-refractivity contribution in [3.8, 4) is 22.9 Å². The lowest BCUT2D eigenvalue weighted by Gasteiger charge is -2.18. The molecule has 10 heteroatoms. The molecule has 4 rings (SSSR count). The standard InChI is InChI=1S/C20H18N4O5S/c25-15-11-24(13-4-2-1-3-5-13)23-19(15)20(27)22-21-18(26)12-30-14-6-7-16-17(10-14)29-9-8-28-16/h1-7,10-11,25H,8-9,12H2,(H,21,26)(H,22,27). The number of nitrogens with one attached hydrogen (secondary N) is 2. The van der Waals surface area contributed by atoms with Gasteiger partial charge in [0.1, 0.15) is 13.2 Å². The van der Waals surface area contributed by atoms with E-state index in [0.717, 1.165) is 4.90 Å². The highest BCUT2D eigenvalue weighted by atomic mass is 32.2. The van der Waals surface area contributed by atoms with Crippen molar-refractivity contribution in [3.63, 3.8) is 0 Å². The highest BCUT2D eigenvalue weighted by Gasteiger charge is 2.18. The normalized spacial score (nSPS) is 12.3. The van der Waals surface area contributed by atoms with E-state index in [9.17, 15) is 14.7 Å². The van der Waals surface area contributed by atoms with Crippen LogP contribution in [0.5, 0.6) is 17.2 Å². The van der Waals surface area contributed by atoms with E-state index in [1.165, 1.54) is 22.6 Å². The van der Waals surface area contributed by atoms with Crippen molar-refractivity contribution in [1.29, 1.82) is 0 Å². The van der Waals surface area contributed by atoms with Gasteiger partial charge in [0.25, 0.3) is 5.91 Å². The minimum atomic E-state index is -0.722. The van der Waals surface area contributed by atoms with Gasteiger partial charge in [0.05, 0.1) is 17.6 Å². The fraction of sp³-hybridized carbons (Fsp3) is 0.150. The number of aromatic nitrogens is 2. The van der Waals surface area contributed by atoms with Crippen molar-refractivity contribution in [2.24, 2.45) is 0 Å². The molecule has 0 spiro atoms. The first kappa shape index (κ1) is 19.6. The number of carbonyl (C=O) groups excluding carboxylic acids is 2. The Morgan fingerprint density at radius 1 is 1.07 bits per heavy atom. The average Bonchev–Trinajstić information content (AvgIpc) is 3.18. The summed E-state index contributed by atoms with van der Waals surface area (Å²) in [5.74, 6) is -0.0347. The molecular formula is C20H18N4O5S. The largest absolute Gasteiger partial charge is 0.504 e. The monoisotopic (exact) mass is 426 g/mol. The minimum absolute atomic E-state index is 0.0738. The number of fused-ring (bicyclic) bond motifs is 1. The number of hydrogen-bond donors (Lipinski definition) is 3. The van der Waals surface area contributed by atoms with E-state index < -0.39 is 11.8 Å². The van der Waals surface area contributed by atoms with Crippen LogP contribution in [0.3, 0.4) is 0 Å². The van der Waals surface area contributed by atoms with Crippen LogP contribution in [0.4, 0.5) is 0 Å². The second kappa shape index (κ2) is 8.78. The molecule has 9 nitrogen and oxygen atoms in total. The minimum Gasteiger partial charge on any atom is -0.504 e. The Balaban J connectivity index is 1.30. The second-order valence-corrected chi connectivity index (χ2v) is 7.29. The van der Waals surface area contributed by atoms with E-state index in [1.54, 1.807) is 24.3 Å². The lowest BCUT2D eigenvalue weighted by atomic mass is 10.3. The summed E-state index contributed by atoms with van der Waals surface area (Å²) in [5.41, 5.74) is 5.06. The molecule has 0 saturated heterocycles. The van der Waals surface area contributed by atoms with E-state index in [1.807, 2.05) is 24.3 Å². The molecule has 2 aromatic carbocycles. The van der Waals surface area contributed by atoms with E-state index in [2.05, 4.69) is 16.0 Å². The molecule has 2 heterocycles. The molecule has 3 aromatic rings. The molecule has 0 saturated carbocycles. The molecule has 0 aliphatic carbocycles. The van der Waals surface area contributed by atoms with E-state index >= 15 is 0 Å². The van der Waals surface area contributed by atoms with E-state index in [4.69, 9.17) is 9.47 Å². The van der Waals surface area contributed by atoms with Gasteiger partial charge in [-0.1, -0.05) is 18.2 Å². The number of aromatic hydroxyl groups is 1. The van der Waals surface area contributed by atoms with Gasteiger partial charge in [-0.15, -0.1) is 11.8 Å². The number of ether oxygens (including phenoxy) is 2. The first-order valence-electron chi connectivity index (χ1n) is 9.06. The number of rotatable bonds is 5. The average molecular weight is 426 g/mol. The zero-order valence-electron chi connectivity index (χ0n) is 15.7. The highest BCUT2D eigenvalue weighted by Crippen LogP contribution is 2.34. The Hall–Kier alpha value is -3.66. The lowest BCUT2D eigenvalue weighted by Crippen LogP contribution is -2.42. The molecule has 1 aromatic heterocycles. The van der Waals surface area contributed by atoms with Crippen LogP contribution >= 0.6 is 11.8 Å². The zero-order valence-corrected chi connectivity index (χ0v) is 16.5. The Morgan fingerprint density at radius 3 is 2.63 bits per heavy atom. The van der Waals surface area contributed by atoms with Crippen LogP contribution in [0.25, 0.3) is 5.69 Å². The summed E-state index contributed by atoms with van der Waals surface area (Å²) in [6.07, 6.45) is 1.32. The third-order valence-corrected chi connectivity index (χ3v) is 5.12. The topological polar surface area (TPSA) is 115 Å². The van der Waals surface area contributed by atoms with Crippen LogP contribution in [-0.2, 0) is 4.79 Å². The van der Waals surface area contributed by atoms with Gasteiger partial charge >= 0.3 is 0 Å². The van der Waals surface area contributed by atoms with E-state index in [0.29, 0.717) is 30.4 Å². The molecule has 0 radical (unpaired) electrons. The van der Waals surface area contributed by atoms with Crippen LogP contribution in [0.15, 0.2) is 59.6 Å².